The first-order valence-corrected chi connectivity index (χ1v) is 7.70. The SMILES string of the molecule is Cn1cc(NS(=O)(=O)c2ccc(CN)cc2Br)cn1. The fourth-order valence-corrected chi connectivity index (χ4v) is 3.73. The number of benzene rings is 1. The lowest BCUT2D eigenvalue weighted by atomic mass is 10.2. The van der Waals surface area contributed by atoms with Gasteiger partial charge in [0.1, 0.15) is 4.90 Å². The summed E-state index contributed by atoms with van der Waals surface area (Å²) >= 11 is 3.25. The van der Waals surface area contributed by atoms with Crippen molar-refractivity contribution in [3.8, 4) is 0 Å². The number of hydrogen-bond donors (Lipinski definition) is 2. The molecule has 0 bridgehead atoms. The van der Waals surface area contributed by atoms with Gasteiger partial charge in [-0.2, -0.15) is 5.10 Å². The molecular weight excluding hydrogens is 332 g/mol. The van der Waals surface area contributed by atoms with Crippen molar-refractivity contribution < 1.29 is 8.42 Å². The summed E-state index contributed by atoms with van der Waals surface area (Å²) in [5.41, 5.74) is 6.78. The van der Waals surface area contributed by atoms with E-state index in [9.17, 15) is 8.42 Å². The summed E-state index contributed by atoms with van der Waals surface area (Å²) in [5.74, 6) is 0. The van der Waals surface area contributed by atoms with Crippen LogP contribution in [0.2, 0.25) is 0 Å². The zero-order chi connectivity index (χ0) is 14.0. The smallest absolute Gasteiger partial charge is 0.263 e. The highest BCUT2D eigenvalue weighted by atomic mass is 79.9. The predicted octanol–water partition coefficient (Wildman–Crippen LogP) is 1.44. The van der Waals surface area contributed by atoms with E-state index in [0.717, 1.165) is 5.56 Å². The molecule has 3 N–H and O–H groups in total. The van der Waals surface area contributed by atoms with E-state index in [1.165, 1.54) is 16.9 Å². The highest BCUT2D eigenvalue weighted by Gasteiger charge is 2.18. The third-order valence-electron chi connectivity index (χ3n) is 2.48. The molecule has 0 saturated heterocycles. The van der Waals surface area contributed by atoms with Crippen LogP contribution in [0.1, 0.15) is 5.56 Å². The van der Waals surface area contributed by atoms with Crippen molar-refractivity contribution in [3.05, 3.63) is 40.6 Å². The minimum absolute atomic E-state index is 0.161. The lowest BCUT2D eigenvalue weighted by Gasteiger charge is -2.09. The maximum Gasteiger partial charge on any atom is 0.263 e. The molecule has 0 amide bonds. The van der Waals surface area contributed by atoms with E-state index in [2.05, 4.69) is 25.8 Å². The van der Waals surface area contributed by atoms with Crippen LogP contribution in [-0.4, -0.2) is 18.2 Å². The molecule has 0 aliphatic rings. The third-order valence-corrected chi connectivity index (χ3v) is 4.84. The molecule has 2 rings (SSSR count). The molecule has 102 valence electrons. The van der Waals surface area contributed by atoms with Crippen molar-refractivity contribution in [1.82, 2.24) is 9.78 Å². The first kappa shape index (κ1) is 14.0. The highest BCUT2D eigenvalue weighted by Crippen LogP contribution is 2.25. The molecule has 0 fully saturated rings. The van der Waals surface area contributed by atoms with Crippen LogP contribution in [0.5, 0.6) is 0 Å². The number of hydrogen-bond acceptors (Lipinski definition) is 4. The average molecular weight is 345 g/mol. The Morgan fingerprint density at radius 1 is 1.47 bits per heavy atom. The minimum Gasteiger partial charge on any atom is -0.326 e. The average Bonchev–Trinajstić information content (AvgIpc) is 2.73. The maximum atomic E-state index is 12.2. The van der Waals surface area contributed by atoms with E-state index in [1.54, 1.807) is 25.4 Å². The summed E-state index contributed by atoms with van der Waals surface area (Å²) in [6.07, 6.45) is 3.03. The van der Waals surface area contributed by atoms with E-state index < -0.39 is 10.0 Å². The summed E-state index contributed by atoms with van der Waals surface area (Å²) < 4.78 is 28.9. The van der Waals surface area contributed by atoms with Crippen molar-refractivity contribution in [2.24, 2.45) is 12.8 Å². The molecule has 8 heteroatoms. The largest absolute Gasteiger partial charge is 0.326 e. The van der Waals surface area contributed by atoms with Crippen molar-refractivity contribution in [2.45, 2.75) is 11.4 Å². The number of rotatable bonds is 4. The van der Waals surface area contributed by atoms with Crippen LogP contribution < -0.4 is 10.5 Å². The molecular formula is C11H13BrN4O2S. The second-order valence-corrected chi connectivity index (χ2v) is 6.48. The van der Waals surface area contributed by atoms with Gasteiger partial charge in [-0.15, -0.1) is 0 Å². The van der Waals surface area contributed by atoms with Crippen LogP contribution in [0.3, 0.4) is 0 Å². The topological polar surface area (TPSA) is 90.0 Å². The van der Waals surface area contributed by atoms with Crippen LogP contribution in [-0.2, 0) is 23.6 Å². The number of nitrogens with one attached hydrogen (secondary N) is 1. The monoisotopic (exact) mass is 344 g/mol. The Bertz CT molecular complexity index is 696. The minimum atomic E-state index is -3.65. The molecule has 1 aromatic carbocycles. The summed E-state index contributed by atoms with van der Waals surface area (Å²) in [6.45, 7) is 0.356. The standard InChI is InChI=1S/C11H13BrN4O2S/c1-16-7-9(6-14-16)15-19(17,18)11-3-2-8(5-13)4-10(11)12/h2-4,6-7,15H,5,13H2,1H3. The summed E-state index contributed by atoms with van der Waals surface area (Å²) in [7, 11) is -1.93. The zero-order valence-corrected chi connectivity index (χ0v) is 12.6. The normalized spacial score (nSPS) is 11.5. The van der Waals surface area contributed by atoms with Crippen molar-refractivity contribution >= 4 is 31.6 Å². The number of anilines is 1. The van der Waals surface area contributed by atoms with Gasteiger partial charge in [0, 0.05) is 24.3 Å². The molecule has 1 aromatic heterocycles. The van der Waals surface area contributed by atoms with Crippen LogP contribution in [0, 0.1) is 0 Å². The van der Waals surface area contributed by atoms with Gasteiger partial charge in [0.25, 0.3) is 10.0 Å². The van der Waals surface area contributed by atoms with Crippen molar-refractivity contribution in [2.75, 3.05) is 4.72 Å². The Morgan fingerprint density at radius 2 is 2.21 bits per heavy atom. The predicted molar refractivity (Wildman–Crippen MR) is 76.0 cm³/mol. The van der Waals surface area contributed by atoms with Gasteiger partial charge in [-0.1, -0.05) is 6.07 Å². The van der Waals surface area contributed by atoms with E-state index in [4.69, 9.17) is 5.73 Å². The number of aromatic nitrogens is 2. The second kappa shape index (κ2) is 5.32. The molecule has 0 radical (unpaired) electrons. The first-order chi connectivity index (χ1) is 8.92. The van der Waals surface area contributed by atoms with Gasteiger partial charge in [0.2, 0.25) is 0 Å². The zero-order valence-electron chi connectivity index (χ0n) is 10.2. The van der Waals surface area contributed by atoms with Crippen LogP contribution in [0.15, 0.2) is 40.0 Å². The van der Waals surface area contributed by atoms with Crippen LogP contribution in [0.4, 0.5) is 5.69 Å². The molecule has 1 heterocycles. The van der Waals surface area contributed by atoms with Gasteiger partial charge >= 0.3 is 0 Å². The Balaban J connectivity index is 2.34. The van der Waals surface area contributed by atoms with E-state index >= 15 is 0 Å². The first-order valence-electron chi connectivity index (χ1n) is 5.42. The second-order valence-electron chi connectivity index (χ2n) is 3.98. The quantitative estimate of drug-likeness (QED) is 0.877. The van der Waals surface area contributed by atoms with Gasteiger partial charge in [-0.3, -0.25) is 9.40 Å². The Kier molecular flexibility index (Phi) is 3.93. The number of sulfonamides is 1. The summed E-state index contributed by atoms with van der Waals surface area (Å²) in [5, 5.41) is 3.91. The van der Waals surface area contributed by atoms with E-state index in [0.29, 0.717) is 16.7 Å². The van der Waals surface area contributed by atoms with Crippen molar-refractivity contribution in [3.63, 3.8) is 0 Å². The molecule has 0 unspecified atom stereocenters. The molecule has 0 aliphatic heterocycles. The fraction of sp³-hybridized carbons (Fsp3) is 0.182. The molecule has 0 atom stereocenters. The van der Waals surface area contributed by atoms with Crippen molar-refractivity contribution in [1.29, 1.82) is 0 Å². The number of halogens is 1. The van der Waals surface area contributed by atoms with E-state index in [-0.39, 0.29) is 4.90 Å². The third kappa shape index (κ3) is 3.14. The summed E-state index contributed by atoms with van der Waals surface area (Å²) in [4.78, 5) is 0.161. The van der Waals surface area contributed by atoms with E-state index in [1.807, 2.05) is 0 Å². The Labute approximate surface area is 119 Å². The van der Waals surface area contributed by atoms with Gasteiger partial charge in [-0.25, -0.2) is 8.42 Å². The Hall–Kier alpha value is -1.38. The highest BCUT2D eigenvalue weighted by molar-refractivity contribution is 9.10. The molecule has 0 spiro atoms. The fourth-order valence-electron chi connectivity index (χ4n) is 1.57. The molecule has 19 heavy (non-hydrogen) atoms. The van der Waals surface area contributed by atoms with Gasteiger partial charge in [0.15, 0.2) is 0 Å². The molecule has 6 nitrogen and oxygen atoms in total. The van der Waals surface area contributed by atoms with Gasteiger partial charge in [-0.05, 0) is 33.6 Å². The van der Waals surface area contributed by atoms with Gasteiger partial charge < -0.3 is 5.73 Å². The Morgan fingerprint density at radius 3 is 2.74 bits per heavy atom. The lowest BCUT2D eigenvalue weighted by molar-refractivity contribution is 0.600. The van der Waals surface area contributed by atoms with Gasteiger partial charge in [0.05, 0.1) is 11.9 Å². The van der Waals surface area contributed by atoms with Crippen LogP contribution in [0.25, 0.3) is 0 Å². The molecule has 0 aliphatic carbocycles. The summed E-state index contributed by atoms with van der Waals surface area (Å²) in [6, 6.07) is 4.89. The molecule has 0 saturated carbocycles. The number of nitrogens with two attached hydrogens (primary N) is 1. The molecule has 2 aromatic rings. The van der Waals surface area contributed by atoms with Crippen LogP contribution >= 0.6 is 15.9 Å². The lowest BCUT2D eigenvalue weighted by Crippen LogP contribution is -2.13. The number of aryl methyl sites for hydroxylation is 1. The number of nitrogens with zero attached hydrogens (tertiary/aromatic N) is 2. The maximum absolute atomic E-state index is 12.2.